The number of hydrogen-bond acceptors (Lipinski definition) is 1. The number of H-pyrrole nitrogens is 1. The molecular weight excluding hydrogens is 172 g/mol. The van der Waals surface area contributed by atoms with Gasteiger partial charge in [0.05, 0.1) is 0 Å². The first-order valence-electron chi connectivity index (χ1n) is 5.43. The number of aromatic nitrogens is 1. The molecule has 0 aliphatic heterocycles. The summed E-state index contributed by atoms with van der Waals surface area (Å²) in [5, 5.41) is 6.02. The maximum Gasteiger partial charge on any atom is 0.0416 e. The third kappa shape index (κ3) is 1.22. The Labute approximate surface area is 85.2 Å². The molecule has 0 saturated heterocycles. The summed E-state index contributed by atoms with van der Waals surface area (Å²) in [6.45, 7) is 1.06. The van der Waals surface area contributed by atoms with Gasteiger partial charge in [-0.2, -0.15) is 0 Å². The number of nitrogens with one attached hydrogen (secondary N) is 2. The van der Waals surface area contributed by atoms with Crippen LogP contribution in [0.25, 0.3) is 12.2 Å². The molecule has 14 heavy (non-hydrogen) atoms. The molecule has 0 amide bonds. The Balaban J connectivity index is 0.000000853. The Bertz CT molecular complexity index is 460. The van der Waals surface area contributed by atoms with E-state index in [1.165, 1.54) is 22.6 Å². The van der Waals surface area contributed by atoms with Gasteiger partial charge < -0.3 is 10.3 Å². The van der Waals surface area contributed by atoms with Crippen LogP contribution in [0.4, 0.5) is 0 Å². The van der Waals surface area contributed by atoms with E-state index >= 15 is 0 Å². The highest BCUT2D eigenvalue weighted by molar-refractivity contribution is 5.49. The summed E-state index contributed by atoms with van der Waals surface area (Å²) in [5.74, 6) is 1.70. The predicted octanol–water partition coefficient (Wildman–Crippen LogP) is 0.233. The zero-order valence-electron chi connectivity index (χ0n) is 8.51. The minimum absolute atomic E-state index is 0. The first-order valence-corrected chi connectivity index (χ1v) is 5.43. The summed E-state index contributed by atoms with van der Waals surface area (Å²) >= 11 is 0. The van der Waals surface area contributed by atoms with E-state index in [0.29, 0.717) is 0 Å². The lowest BCUT2D eigenvalue weighted by Crippen LogP contribution is -2.28. The maximum atomic E-state index is 3.38. The molecule has 1 saturated carbocycles. The van der Waals surface area contributed by atoms with Gasteiger partial charge in [-0.1, -0.05) is 12.2 Å². The number of likely N-dealkylation sites (N-methyl/N-ethyl adjacent to an activating group) is 1. The minimum Gasteiger partial charge on any atom is -0.361 e. The summed E-state index contributed by atoms with van der Waals surface area (Å²) < 4.78 is 0. The molecule has 2 unspecified atom stereocenters. The van der Waals surface area contributed by atoms with Crippen LogP contribution in [0.5, 0.6) is 0 Å². The Morgan fingerprint density at radius 1 is 1.50 bits per heavy atom. The van der Waals surface area contributed by atoms with Crippen LogP contribution in [0, 0.1) is 11.8 Å². The molecule has 0 spiro atoms. The smallest absolute Gasteiger partial charge is 0.0416 e. The van der Waals surface area contributed by atoms with E-state index in [-0.39, 0.29) is 1.43 Å². The molecule has 2 heteroatoms. The Kier molecular flexibility index (Phi) is 1.77. The fourth-order valence-corrected chi connectivity index (χ4v) is 2.34. The summed E-state index contributed by atoms with van der Waals surface area (Å²) in [6.07, 6.45) is 9.53. The highest BCUT2D eigenvalue weighted by Gasteiger charge is 2.34. The third-order valence-corrected chi connectivity index (χ3v) is 3.33. The average Bonchev–Trinajstić information content (AvgIpc) is 2.85. The van der Waals surface area contributed by atoms with Crippen LogP contribution < -0.4 is 15.9 Å². The molecule has 1 heterocycles. The van der Waals surface area contributed by atoms with Gasteiger partial charge in [-0.05, 0) is 49.1 Å². The first kappa shape index (κ1) is 8.30. The Hall–Kier alpha value is -1.02. The van der Waals surface area contributed by atoms with Gasteiger partial charge in [-0.3, -0.25) is 0 Å². The molecule has 1 aromatic rings. The lowest BCUT2D eigenvalue weighted by atomic mass is 10.1. The monoisotopic (exact) mass is 190 g/mol. The summed E-state index contributed by atoms with van der Waals surface area (Å²) in [6, 6.07) is 0. The second kappa shape index (κ2) is 2.99. The van der Waals surface area contributed by atoms with Gasteiger partial charge in [-0.25, -0.2) is 0 Å². The number of rotatable bonds is 3. The van der Waals surface area contributed by atoms with Crippen LogP contribution in [0.3, 0.4) is 0 Å². The van der Waals surface area contributed by atoms with Gasteiger partial charge in [0.1, 0.15) is 0 Å². The van der Waals surface area contributed by atoms with E-state index in [4.69, 9.17) is 0 Å². The van der Waals surface area contributed by atoms with E-state index in [1.54, 1.807) is 0 Å². The zero-order chi connectivity index (χ0) is 9.54. The van der Waals surface area contributed by atoms with Crippen molar-refractivity contribution in [3.63, 3.8) is 0 Å². The summed E-state index contributed by atoms with van der Waals surface area (Å²) in [5.41, 5.74) is 1.47. The Morgan fingerprint density at radius 2 is 2.36 bits per heavy atom. The Morgan fingerprint density at radius 3 is 3.21 bits per heavy atom. The second-order valence-electron chi connectivity index (χ2n) is 4.39. The number of aromatic amines is 1. The topological polar surface area (TPSA) is 27.8 Å². The standard InChI is InChI=1S/C12H16N2.H2/c1-13-3-2-8-7-14-12-6-10-4-9(10)5-11(8)12;/h5-7,9-10,13-14H,2-4H2,1H3;1H. The van der Waals surface area contributed by atoms with E-state index in [1.807, 2.05) is 7.05 Å². The van der Waals surface area contributed by atoms with Crippen molar-refractivity contribution >= 4 is 12.2 Å². The van der Waals surface area contributed by atoms with Crippen molar-refractivity contribution in [2.24, 2.45) is 11.8 Å². The normalized spacial score (nSPS) is 27.2. The molecule has 0 aromatic carbocycles. The minimum atomic E-state index is 0. The summed E-state index contributed by atoms with van der Waals surface area (Å²) in [4.78, 5) is 3.38. The van der Waals surface area contributed by atoms with Crippen LogP contribution in [0.2, 0.25) is 0 Å². The molecule has 0 bridgehead atoms. The van der Waals surface area contributed by atoms with E-state index < -0.39 is 0 Å². The van der Waals surface area contributed by atoms with Crippen molar-refractivity contribution in [2.45, 2.75) is 12.8 Å². The highest BCUT2D eigenvalue weighted by atomic mass is 14.8. The van der Waals surface area contributed by atoms with Gasteiger partial charge in [0, 0.05) is 13.0 Å². The molecule has 2 nitrogen and oxygen atoms in total. The quantitative estimate of drug-likeness (QED) is 0.702. The van der Waals surface area contributed by atoms with Crippen molar-refractivity contribution in [2.75, 3.05) is 13.6 Å². The average molecular weight is 190 g/mol. The van der Waals surface area contributed by atoms with Gasteiger partial charge in [0.25, 0.3) is 0 Å². The van der Waals surface area contributed by atoms with Crippen LogP contribution in [0.1, 0.15) is 13.4 Å². The number of fused-ring (bicyclic) bond motifs is 2. The molecule has 2 aliphatic rings. The van der Waals surface area contributed by atoms with E-state index in [2.05, 4.69) is 28.6 Å². The van der Waals surface area contributed by atoms with Crippen molar-refractivity contribution in [1.29, 1.82) is 0 Å². The molecule has 1 aromatic heterocycles. The zero-order valence-corrected chi connectivity index (χ0v) is 8.51. The molecule has 2 aliphatic carbocycles. The van der Waals surface area contributed by atoms with Crippen LogP contribution in [-0.2, 0) is 6.42 Å². The number of hydrogen-bond donors (Lipinski definition) is 2. The second-order valence-corrected chi connectivity index (χ2v) is 4.39. The lowest BCUT2D eigenvalue weighted by molar-refractivity contribution is 0.789. The fraction of sp³-hybridized carbons (Fsp3) is 0.500. The van der Waals surface area contributed by atoms with Crippen molar-refractivity contribution in [3.8, 4) is 0 Å². The van der Waals surface area contributed by atoms with Crippen molar-refractivity contribution in [1.82, 2.24) is 10.3 Å². The molecule has 0 radical (unpaired) electrons. The van der Waals surface area contributed by atoms with Crippen molar-refractivity contribution in [3.05, 3.63) is 22.3 Å². The van der Waals surface area contributed by atoms with E-state index in [9.17, 15) is 0 Å². The molecular formula is C12H18N2. The van der Waals surface area contributed by atoms with Gasteiger partial charge in [0.15, 0.2) is 0 Å². The van der Waals surface area contributed by atoms with Crippen molar-refractivity contribution < 1.29 is 1.43 Å². The molecule has 1 fully saturated rings. The molecule has 2 atom stereocenters. The van der Waals surface area contributed by atoms with Crippen LogP contribution >= 0.6 is 0 Å². The van der Waals surface area contributed by atoms with Crippen LogP contribution in [0.15, 0.2) is 6.20 Å². The molecule has 2 N–H and O–H groups in total. The largest absolute Gasteiger partial charge is 0.361 e. The summed E-state index contributed by atoms with van der Waals surface area (Å²) in [7, 11) is 2.01. The van der Waals surface area contributed by atoms with E-state index in [0.717, 1.165) is 24.8 Å². The molecule has 76 valence electrons. The lowest BCUT2D eigenvalue weighted by Gasteiger charge is -1.98. The third-order valence-electron chi connectivity index (χ3n) is 3.33. The van der Waals surface area contributed by atoms with Gasteiger partial charge in [-0.15, -0.1) is 0 Å². The maximum absolute atomic E-state index is 3.38. The van der Waals surface area contributed by atoms with Gasteiger partial charge in [0.2, 0.25) is 0 Å². The molecule has 3 rings (SSSR count). The van der Waals surface area contributed by atoms with Crippen LogP contribution in [-0.4, -0.2) is 18.6 Å². The highest BCUT2D eigenvalue weighted by Crippen LogP contribution is 2.41. The SMILES string of the molecule is CNCCc1c[nH]c2c1=CC1CC1C=2.[HH]. The fourth-order valence-electron chi connectivity index (χ4n) is 2.34. The van der Waals surface area contributed by atoms with Gasteiger partial charge >= 0.3 is 0 Å². The predicted molar refractivity (Wildman–Crippen MR) is 60.3 cm³/mol. The first-order chi connectivity index (χ1) is 6.88.